The Bertz CT molecular complexity index is 2810. The molecule has 0 bridgehead atoms. The maximum atomic E-state index is 5.46. The fourth-order valence-electron chi connectivity index (χ4n) is 7.73. The quantitative estimate of drug-likeness (QED) is 0.156. The van der Waals surface area contributed by atoms with E-state index in [0.717, 1.165) is 22.7 Å². The van der Waals surface area contributed by atoms with Gasteiger partial charge in [0.25, 0.3) is 0 Å². The molecule has 2 heteroatoms. The van der Waals surface area contributed by atoms with E-state index in [2.05, 4.69) is 175 Å². The second-order valence-electron chi connectivity index (χ2n) is 12.8. The van der Waals surface area contributed by atoms with E-state index >= 15 is 0 Å². The highest BCUT2D eigenvalue weighted by atomic mass is 15.0. The lowest BCUT2D eigenvalue weighted by atomic mass is 9.91. The van der Waals surface area contributed by atoms with Crippen LogP contribution in [0.15, 0.2) is 175 Å². The Morgan fingerprint density at radius 3 is 1.69 bits per heavy atom. The van der Waals surface area contributed by atoms with E-state index in [1.54, 1.807) is 0 Å². The van der Waals surface area contributed by atoms with Crippen molar-refractivity contribution in [3.05, 3.63) is 187 Å². The first-order chi connectivity index (χ1) is 23.8. The Balaban J connectivity index is 1.20. The van der Waals surface area contributed by atoms with Gasteiger partial charge in [0.1, 0.15) is 5.84 Å². The topological polar surface area (TPSA) is 24.4 Å². The predicted octanol–water partition coefficient (Wildman–Crippen LogP) is 11.7. The summed E-state index contributed by atoms with van der Waals surface area (Å²) < 4.78 is 0. The van der Waals surface area contributed by atoms with Crippen LogP contribution in [0.25, 0.3) is 70.3 Å². The van der Waals surface area contributed by atoms with Crippen molar-refractivity contribution in [2.45, 2.75) is 6.04 Å². The smallest absolute Gasteiger partial charge is 0.135 e. The zero-order chi connectivity index (χ0) is 31.6. The van der Waals surface area contributed by atoms with Crippen LogP contribution in [0.3, 0.4) is 0 Å². The Morgan fingerprint density at radius 2 is 0.938 bits per heavy atom. The second-order valence-corrected chi connectivity index (χ2v) is 12.8. The average molecular weight is 611 g/mol. The maximum absolute atomic E-state index is 5.46. The van der Waals surface area contributed by atoms with E-state index in [4.69, 9.17) is 4.99 Å². The van der Waals surface area contributed by atoms with Crippen LogP contribution in [0.2, 0.25) is 0 Å². The Morgan fingerprint density at radius 1 is 0.396 bits per heavy atom. The van der Waals surface area contributed by atoms with Crippen molar-refractivity contribution in [1.29, 1.82) is 0 Å². The summed E-state index contributed by atoms with van der Waals surface area (Å²) in [4.78, 5) is 5.46. The number of nitrogens with one attached hydrogen (secondary N) is 1. The van der Waals surface area contributed by atoms with Crippen molar-refractivity contribution in [2.24, 2.45) is 4.99 Å². The fourth-order valence-corrected chi connectivity index (χ4v) is 7.73. The third-order valence-electron chi connectivity index (χ3n) is 10.1. The molecule has 10 rings (SSSR count). The van der Waals surface area contributed by atoms with Crippen LogP contribution in [0.5, 0.6) is 0 Å². The molecule has 0 saturated carbocycles. The van der Waals surface area contributed by atoms with Gasteiger partial charge in [-0.25, -0.2) is 4.99 Å². The van der Waals surface area contributed by atoms with Gasteiger partial charge in [-0.15, -0.1) is 0 Å². The molecule has 1 atom stereocenters. The molecule has 9 aromatic rings. The summed E-state index contributed by atoms with van der Waals surface area (Å²) in [5.74, 6) is 0.892. The highest BCUT2D eigenvalue weighted by Crippen LogP contribution is 2.38. The lowest BCUT2D eigenvalue weighted by molar-refractivity contribution is 0.782. The first kappa shape index (κ1) is 26.9. The van der Waals surface area contributed by atoms with Crippen LogP contribution in [0.1, 0.15) is 22.7 Å². The third-order valence-corrected chi connectivity index (χ3v) is 10.1. The summed E-state index contributed by atoms with van der Waals surface area (Å²) in [6, 6.07) is 59.3. The number of rotatable bonds is 3. The minimum absolute atomic E-state index is 0.0400. The highest BCUT2D eigenvalue weighted by Gasteiger charge is 2.23. The van der Waals surface area contributed by atoms with E-state index < -0.39 is 0 Å². The largest absolute Gasteiger partial charge is 0.359 e. The number of hydrogen-bond acceptors (Lipinski definition) is 2. The molecule has 1 aliphatic rings. The standard InChI is InChI=1S/C46H30N2/c1-2-12-31(13-3-1)43-28-44(34-21-22-37-33(26-34)20-24-39-35-15-7-4-10-29(35)18-23-40(37)39)48-46(47-43)45-38-17-9-6-14-32(38)27-42-36-16-8-5-11-30(36)19-25-41(42)45/h1-28,43H,(H,47,48). The van der Waals surface area contributed by atoms with Crippen molar-refractivity contribution >= 4 is 76.2 Å². The number of fused-ring (bicyclic) bond motifs is 9. The number of amidine groups is 1. The van der Waals surface area contributed by atoms with Gasteiger partial charge in [-0.05, 0) is 88.4 Å². The van der Waals surface area contributed by atoms with Gasteiger partial charge in [-0.2, -0.15) is 0 Å². The van der Waals surface area contributed by atoms with Gasteiger partial charge in [0, 0.05) is 11.1 Å². The zero-order valence-corrected chi connectivity index (χ0v) is 26.2. The molecule has 9 aromatic carbocycles. The second kappa shape index (κ2) is 10.7. The molecule has 0 aromatic heterocycles. The van der Waals surface area contributed by atoms with Gasteiger partial charge in [-0.3, -0.25) is 0 Å². The summed E-state index contributed by atoms with van der Waals surface area (Å²) in [6.07, 6.45) is 2.28. The average Bonchev–Trinajstić information content (AvgIpc) is 3.16. The molecule has 0 aliphatic carbocycles. The van der Waals surface area contributed by atoms with Crippen molar-refractivity contribution < 1.29 is 0 Å². The molecule has 0 amide bonds. The number of hydrogen-bond donors (Lipinski definition) is 1. The number of nitrogens with zero attached hydrogens (tertiary/aromatic N) is 1. The van der Waals surface area contributed by atoms with E-state index in [9.17, 15) is 0 Å². The Kier molecular flexibility index (Phi) is 5.97. The van der Waals surface area contributed by atoms with Crippen LogP contribution >= 0.6 is 0 Å². The summed E-state index contributed by atoms with van der Waals surface area (Å²) >= 11 is 0. The van der Waals surface area contributed by atoms with Crippen LogP contribution in [0, 0.1) is 0 Å². The lowest BCUT2D eigenvalue weighted by Gasteiger charge is -2.26. The molecule has 48 heavy (non-hydrogen) atoms. The van der Waals surface area contributed by atoms with Gasteiger partial charge in [-0.1, -0.05) is 152 Å². The van der Waals surface area contributed by atoms with Crippen molar-refractivity contribution in [1.82, 2.24) is 5.32 Å². The first-order valence-corrected chi connectivity index (χ1v) is 16.6. The van der Waals surface area contributed by atoms with E-state index in [1.165, 1.54) is 70.2 Å². The first-order valence-electron chi connectivity index (χ1n) is 16.6. The molecule has 0 fully saturated rings. The highest BCUT2D eigenvalue weighted by molar-refractivity contribution is 6.25. The van der Waals surface area contributed by atoms with Gasteiger partial charge in [0.15, 0.2) is 0 Å². The summed E-state index contributed by atoms with van der Waals surface area (Å²) in [6.45, 7) is 0. The number of aliphatic imine (C=N–C) groups is 1. The molecule has 1 heterocycles. The molecular formula is C46H30N2. The van der Waals surface area contributed by atoms with Crippen molar-refractivity contribution in [2.75, 3.05) is 0 Å². The third kappa shape index (κ3) is 4.23. The summed E-state index contributed by atoms with van der Waals surface area (Å²) in [7, 11) is 0. The molecule has 1 aliphatic heterocycles. The Hall–Kier alpha value is -6.25. The lowest BCUT2D eigenvalue weighted by Crippen LogP contribution is -2.31. The van der Waals surface area contributed by atoms with Crippen LogP contribution in [0.4, 0.5) is 0 Å². The molecular weight excluding hydrogens is 581 g/mol. The molecule has 2 nitrogen and oxygen atoms in total. The van der Waals surface area contributed by atoms with Crippen LogP contribution < -0.4 is 5.32 Å². The predicted molar refractivity (Wildman–Crippen MR) is 205 cm³/mol. The molecule has 224 valence electrons. The van der Waals surface area contributed by atoms with E-state index in [1.807, 2.05) is 0 Å². The van der Waals surface area contributed by atoms with E-state index in [0.29, 0.717) is 0 Å². The minimum Gasteiger partial charge on any atom is -0.359 e. The van der Waals surface area contributed by atoms with Gasteiger partial charge in [0.2, 0.25) is 0 Å². The van der Waals surface area contributed by atoms with Gasteiger partial charge >= 0.3 is 0 Å². The fraction of sp³-hybridized carbons (Fsp3) is 0.0217. The van der Waals surface area contributed by atoms with Gasteiger partial charge in [0.05, 0.1) is 11.7 Å². The van der Waals surface area contributed by atoms with Crippen LogP contribution in [-0.4, -0.2) is 5.84 Å². The van der Waals surface area contributed by atoms with Crippen LogP contribution in [-0.2, 0) is 0 Å². The number of benzene rings is 9. The van der Waals surface area contributed by atoms with Crippen molar-refractivity contribution in [3.8, 4) is 0 Å². The van der Waals surface area contributed by atoms with Gasteiger partial charge < -0.3 is 5.32 Å². The molecule has 1 N–H and O–H groups in total. The summed E-state index contributed by atoms with van der Waals surface area (Å²) in [5, 5.41) is 18.8. The minimum atomic E-state index is -0.0400. The molecule has 0 saturated heterocycles. The van der Waals surface area contributed by atoms with Crippen molar-refractivity contribution in [3.63, 3.8) is 0 Å². The molecule has 1 unspecified atom stereocenters. The zero-order valence-electron chi connectivity index (χ0n) is 26.2. The van der Waals surface area contributed by atoms with E-state index in [-0.39, 0.29) is 6.04 Å². The maximum Gasteiger partial charge on any atom is 0.135 e. The normalized spacial score (nSPS) is 14.9. The SMILES string of the molecule is C1=C(c2ccc3c(ccc4c5ccccc5ccc34)c2)N=C(c2c3ccccc3cc3c2ccc2ccccc23)NC1c1ccccc1. The molecule has 0 radical (unpaired) electrons. The Labute approximate surface area is 278 Å². The summed E-state index contributed by atoms with van der Waals surface area (Å²) in [5.41, 5.74) is 4.42. The monoisotopic (exact) mass is 610 g/mol. The molecule has 0 spiro atoms.